The quantitative estimate of drug-likeness (QED) is 0.240. The molecule has 0 aliphatic carbocycles. The Kier molecular flexibility index (Phi) is 7.43. The fraction of sp³-hybridized carbons (Fsp3) is 0.219. The number of carbonyl (C=O) groups is 1. The van der Waals surface area contributed by atoms with E-state index in [0.717, 1.165) is 16.8 Å². The van der Waals surface area contributed by atoms with Crippen LogP contribution in [0, 0.1) is 11.7 Å². The van der Waals surface area contributed by atoms with Gasteiger partial charge in [-0.15, -0.1) is 0 Å². The number of hydrogen-bond acceptors (Lipinski definition) is 4. The predicted octanol–water partition coefficient (Wildman–Crippen LogP) is 6.90. The summed E-state index contributed by atoms with van der Waals surface area (Å²) >= 11 is 0. The zero-order valence-corrected chi connectivity index (χ0v) is 20.9. The van der Waals surface area contributed by atoms with Crippen LogP contribution in [0.25, 0.3) is 11.1 Å². The first kappa shape index (κ1) is 25.5. The lowest BCUT2D eigenvalue weighted by Crippen LogP contribution is -2.28. The average molecular weight is 512 g/mol. The van der Waals surface area contributed by atoms with E-state index in [1.165, 1.54) is 12.1 Å². The van der Waals surface area contributed by atoms with Gasteiger partial charge in [-0.3, -0.25) is 4.79 Å². The standard InChI is InChI=1S/C32H30FNO4/c33-25-15-12-21(13-16-25)29(36)11-5-7-24-20-31(38)34(26-8-2-1-3-9-26)32(24)28-17-14-23(19-30(28)37)22-6-4-10-27(35)18-22/h1-4,6,8-10,12-19,24,29,32,35-37H,5,7,11,20H2/t24-,29?,32-/m0/s1. The Morgan fingerprint density at radius 3 is 2.32 bits per heavy atom. The van der Waals surface area contributed by atoms with Gasteiger partial charge in [0.25, 0.3) is 0 Å². The summed E-state index contributed by atoms with van der Waals surface area (Å²) in [5, 5.41) is 31.6. The molecule has 0 bridgehead atoms. The summed E-state index contributed by atoms with van der Waals surface area (Å²) in [5.74, 6) is -0.194. The highest BCUT2D eigenvalue weighted by Crippen LogP contribution is 2.47. The lowest BCUT2D eigenvalue weighted by molar-refractivity contribution is -0.117. The van der Waals surface area contributed by atoms with Crippen molar-refractivity contribution in [3.63, 3.8) is 0 Å². The smallest absolute Gasteiger partial charge is 0.227 e. The minimum Gasteiger partial charge on any atom is -0.508 e. The molecule has 194 valence electrons. The third-order valence-electron chi connectivity index (χ3n) is 7.30. The van der Waals surface area contributed by atoms with Crippen molar-refractivity contribution >= 4 is 11.6 Å². The minimum atomic E-state index is -0.716. The van der Waals surface area contributed by atoms with Gasteiger partial charge in [0.15, 0.2) is 0 Å². The molecule has 1 aliphatic heterocycles. The van der Waals surface area contributed by atoms with Gasteiger partial charge in [-0.1, -0.05) is 61.0 Å². The molecular weight excluding hydrogens is 481 g/mol. The highest BCUT2D eigenvalue weighted by atomic mass is 19.1. The van der Waals surface area contributed by atoms with E-state index in [1.807, 2.05) is 48.5 Å². The molecule has 1 heterocycles. The average Bonchev–Trinajstić information content (AvgIpc) is 3.24. The molecule has 0 saturated carbocycles. The Hall–Kier alpha value is -4.16. The molecule has 6 heteroatoms. The van der Waals surface area contributed by atoms with Crippen LogP contribution in [-0.2, 0) is 4.79 Å². The highest BCUT2D eigenvalue weighted by Gasteiger charge is 2.42. The Morgan fingerprint density at radius 2 is 1.61 bits per heavy atom. The molecule has 0 spiro atoms. The maximum absolute atomic E-state index is 13.3. The van der Waals surface area contributed by atoms with E-state index < -0.39 is 6.10 Å². The molecular formula is C32H30FNO4. The molecule has 38 heavy (non-hydrogen) atoms. The number of halogens is 1. The number of anilines is 1. The fourth-order valence-corrected chi connectivity index (χ4v) is 5.43. The van der Waals surface area contributed by atoms with Gasteiger partial charge in [0.1, 0.15) is 17.3 Å². The number of phenolic OH excluding ortho intramolecular Hbond substituents is 2. The molecule has 5 nitrogen and oxygen atoms in total. The molecule has 1 amide bonds. The van der Waals surface area contributed by atoms with E-state index in [0.29, 0.717) is 36.8 Å². The van der Waals surface area contributed by atoms with E-state index >= 15 is 0 Å². The summed E-state index contributed by atoms with van der Waals surface area (Å²) in [5.41, 5.74) is 3.63. The maximum atomic E-state index is 13.3. The van der Waals surface area contributed by atoms with Gasteiger partial charge in [0.05, 0.1) is 12.1 Å². The molecule has 3 atom stereocenters. The van der Waals surface area contributed by atoms with Crippen LogP contribution in [0.5, 0.6) is 11.5 Å². The number of amides is 1. The van der Waals surface area contributed by atoms with Crippen molar-refractivity contribution in [3.8, 4) is 22.6 Å². The summed E-state index contributed by atoms with van der Waals surface area (Å²) in [4.78, 5) is 15.1. The van der Waals surface area contributed by atoms with Crippen LogP contribution in [0.15, 0.2) is 97.1 Å². The zero-order chi connectivity index (χ0) is 26.6. The second-order valence-electron chi connectivity index (χ2n) is 9.83. The van der Waals surface area contributed by atoms with Crippen LogP contribution in [0.2, 0.25) is 0 Å². The van der Waals surface area contributed by atoms with Gasteiger partial charge in [-0.25, -0.2) is 4.39 Å². The van der Waals surface area contributed by atoms with E-state index in [-0.39, 0.29) is 35.2 Å². The third kappa shape index (κ3) is 5.41. The third-order valence-corrected chi connectivity index (χ3v) is 7.30. The topological polar surface area (TPSA) is 81.0 Å². The van der Waals surface area contributed by atoms with Crippen molar-refractivity contribution in [1.82, 2.24) is 0 Å². The number of nitrogens with zero attached hydrogens (tertiary/aromatic N) is 1. The molecule has 1 unspecified atom stereocenters. The van der Waals surface area contributed by atoms with E-state index in [2.05, 4.69) is 0 Å². The number of aliphatic hydroxyl groups excluding tert-OH is 1. The van der Waals surface area contributed by atoms with Gasteiger partial charge < -0.3 is 20.2 Å². The molecule has 5 rings (SSSR count). The summed E-state index contributed by atoms with van der Waals surface area (Å²) in [7, 11) is 0. The molecule has 1 fully saturated rings. The fourth-order valence-electron chi connectivity index (χ4n) is 5.43. The molecule has 0 radical (unpaired) electrons. The van der Waals surface area contributed by atoms with Gasteiger partial charge in [-0.05, 0) is 77.9 Å². The summed E-state index contributed by atoms with van der Waals surface area (Å²) < 4.78 is 13.2. The normalized spacial score (nSPS) is 18.1. The second-order valence-corrected chi connectivity index (χ2v) is 9.83. The Morgan fingerprint density at radius 1 is 0.868 bits per heavy atom. The SMILES string of the molecule is O=C1C[C@H](CCCC(O)c2ccc(F)cc2)[C@@H](c2ccc(-c3cccc(O)c3)cc2O)N1c1ccccc1. The monoisotopic (exact) mass is 511 g/mol. The number of phenols is 2. The summed E-state index contributed by atoms with van der Waals surface area (Å²) in [6.07, 6.45) is 1.44. The summed E-state index contributed by atoms with van der Waals surface area (Å²) in [6.45, 7) is 0. The number of aliphatic hydroxyl groups is 1. The van der Waals surface area contributed by atoms with Gasteiger partial charge in [-0.2, -0.15) is 0 Å². The van der Waals surface area contributed by atoms with Crippen molar-refractivity contribution < 1.29 is 24.5 Å². The number of rotatable bonds is 8. The number of para-hydroxylation sites is 1. The summed E-state index contributed by atoms with van der Waals surface area (Å²) in [6, 6.07) is 27.2. The first-order valence-electron chi connectivity index (χ1n) is 12.8. The first-order valence-corrected chi connectivity index (χ1v) is 12.8. The first-order chi connectivity index (χ1) is 18.4. The van der Waals surface area contributed by atoms with E-state index in [9.17, 15) is 24.5 Å². The van der Waals surface area contributed by atoms with E-state index in [4.69, 9.17) is 0 Å². The largest absolute Gasteiger partial charge is 0.508 e. The molecule has 0 aromatic heterocycles. The van der Waals surface area contributed by atoms with Crippen LogP contribution < -0.4 is 4.90 Å². The van der Waals surface area contributed by atoms with Crippen LogP contribution in [0.3, 0.4) is 0 Å². The van der Waals surface area contributed by atoms with Gasteiger partial charge in [0, 0.05) is 17.7 Å². The Bertz CT molecular complexity index is 1410. The van der Waals surface area contributed by atoms with Crippen molar-refractivity contribution in [2.24, 2.45) is 5.92 Å². The van der Waals surface area contributed by atoms with Crippen molar-refractivity contribution in [2.45, 2.75) is 37.8 Å². The predicted molar refractivity (Wildman–Crippen MR) is 145 cm³/mol. The van der Waals surface area contributed by atoms with Crippen LogP contribution in [0.1, 0.15) is 49.0 Å². The maximum Gasteiger partial charge on any atom is 0.227 e. The van der Waals surface area contributed by atoms with Gasteiger partial charge in [0.2, 0.25) is 5.91 Å². The minimum absolute atomic E-state index is 0.0123. The van der Waals surface area contributed by atoms with Crippen molar-refractivity contribution in [2.75, 3.05) is 4.90 Å². The van der Waals surface area contributed by atoms with Crippen molar-refractivity contribution in [1.29, 1.82) is 0 Å². The molecule has 4 aromatic carbocycles. The van der Waals surface area contributed by atoms with Crippen molar-refractivity contribution in [3.05, 3.63) is 114 Å². The number of hydrogen-bond donors (Lipinski definition) is 3. The zero-order valence-electron chi connectivity index (χ0n) is 20.9. The molecule has 1 aliphatic rings. The lowest BCUT2D eigenvalue weighted by atomic mass is 9.87. The molecule has 4 aromatic rings. The van der Waals surface area contributed by atoms with Crippen LogP contribution in [0.4, 0.5) is 10.1 Å². The number of benzene rings is 4. The molecule has 1 saturated heterocycles. The van der Waals surface area contributed by atoms with Gasteiger partial charge >= 0.3 is 0 Å². The molecule has 3 N–H and O–H groups in total. The van der Waals surface area contributed by atoms with E-state index in [1.54, 1.807) is 41.3 Å². The number of aromatic hydroxyl groups is 2. The van der Waals surface area contributed by atoms with Crippen LogP contribution >= 0.6 is 0 Å². The number of carbonyl (C=O) groups excluding carboxylic acids is 1. The van der Waals surface area contributed by atoms with Crippen LogP contribution in [-0.4, -0.2) is 21.2 Å². The highest BCUT2D eigenvalue weighted by molar-refractivity contribution is 5.97. The second kappa shape index (κ2) is 11.1. The Balaban J connectivity index is 1.41. The lowest BCUT2D eigenvalue weighted by Gasteiger charge is -2.30. The Labute approximate surface area is 221 Å².